The molecule has 1 saturated heterocycles. The van der Waals surface area contributed by atoms with E-state index < -0.39 is 6.10 Å². The van der Waals surface area contributed by atoms with Crippen LogP contribution in [0.15, 0.2) is 24.3 Å². The fourth-order valence-corrected chi connectivity index (χ4v) is 2.27. The largest absolute Gasteiger partial charge is 0.465 e. The zero-order chi connectivity index (χ0) is 13.0. The molecule has 0 radical (unpaired) electrons. The van der Waals surface area contributed by atoms with Crippen molar-refractivity contribution in [3.63, 3.8) is 0 Å². The number of likely N-dealkylation sites (tertiary alicyclic amines) is 1. The summed E-state index contributed by atoms with van der Waals surface area (Å²) in [5.41, 5.74) is 1.35. The normalized spacial score (nSPS) is 17.7. The molecule has 98 valence electrons. The van der Waals surface area contributed by atoms with E-state index in [-0.39, 0.29) is 5.97 Å². The Hall–Kier alpha value is -1.39. The Bertz CT molecular complexity index is 396. The van der Waals surface area contributed by atoms with Crippen molar-refractivity contribution in [2.75, 3.05) is 26.7 Å². The van der Waals surface area contributed by atoms with Crippen molar-refractivity contribution in [1.29, 1.82) is 0 Å². The first kappa shape index (κ1) is 13.1. The van der Waals surface area contributed by atoms with Crippen LogP contribution in [0.4, 0.5) is 0 Å². The third kappa shape index (κ3) is 3.09. The molecule has 0 aromatic heterocycles. The van der Waals surface area contributed by atoms with Gasteiger partial charge in [-0.15, -0.1) is 0 Å². The van der Waals surface area contributed by atoms with E-state index in [9.17, 15) is 9.90 Å². The molecule has 1 fully saturated rings. The molecule has 4 nitrogen and oxygen atoms in total. The predicted molar refractivity (Wildman–Crippen MR) is 68.4 cm³/mol. The molecule has 1 N–H and O–H groups in total. The van der Waals surface area contributed by atoms with Crippen LogP contribution in [0.1, 0.15) is 34.9 Å². The molecule has 0 bridgehead atoms. The molecule has 0 saturated carbocycles. The van der Waals surface area contributed by atoms with Crippen molar-refractivity contribution in [2.24, 2.45) is 0 Å². The van der Waals surface area contributed by atoms with E-state index in [4.69, 9.17) is 0 Å². The lowest BCUT2D eigenvalue weighted by Gasteiger charge is -2.19. The van der Waals surface area contributed by atoms with Gasteiger partial charge < -0.3 is 14.7 Å². The standard InChI is InChI=1S/C14H19NO3/c1-18-14(17)12-6-4-11(5-7-12)13(16)10-15-8-2-3-9-15/h4-7,13,16H,2-3,8-10H2,1H3. The molecule has 1 aliphatic heterocycles. The number of nitrogens with zero attached hydrogens (tertiary/aromatic N) is 1. The number of carbonyl (C=O) groups excluding carboxylic acids is 1. The fraction of sp³-hybridized carbons (Fsp3) is 0.500. The smallest absolute Gasteiger partial charge is 0.337 e. The second-order valence-electron chi connectivity index (χ2n) is 4.64. The molecule has 1 aromatic carbocycles. The quantitative estimate of drug-likeness (QED) is 0.823. The van der Waals surface area contributed by atoms with Gasteiger partial charge in [0.05, 0.1) is 18.8 Å². The topological polar surface area (TPSA) is 49.8 Å². The minimum Gasteiger partial charge on any atom is -0.465 e. The summed E-state index contributed by atoms with van der Waals surface area (Å²) >= 11 is 0. The SMILES string of the molecule is COC(=O)c1ccc(C(O)CN2CCCC2)cc1. The summed E-state index contributed by atoms with van der Waals surface area (Å²) in [5, 5.41) is 10.1. The number of carbonyl (C=O) groups is 1. The molecule has 1 aliphatic rings. The fourth-order valence-electron chi connectivity index (χ4n) is 2.27. The highest BCUT2D eigenvalue weighted by atomic mass is 16.5. The second kappa shape index (κ2) is 5.98. The van der Waals surface area contributed by atoms with Crippen LogP contribution in [0.25, 0.3) is 0 Å². The third-order valence-corrected chi connectivity index (χ3v) is 3.35. The number of aliphatic hydroxyl groups is 1. The van der Waals surface area contributed by atoms with E-state index in [2.05, 4.69) is 9.64 Å². The maximum atomic E-state index is 11.3. The summed E-state index contributed by atoms with van der Waals surface area (Å²) in [4.78, 5) is 13.5. The van der Waals surface area contributed by atoms with Gasteiger partial charge in [0.2, 0.25) is 0 Å². The van der Waals surface area contributed by atoms with Gasteiger partial charge in [-0.1, -0.05) is 12.1 Å². The first-order valence-corrected chi connectivity index (χ1v) is 6.29. The van der Waals surface area contributed by atoms with E-state index in [1.54, 1.807) is 24.3 Å². The minimum absolute atomic E-state index is 0.351. The monoisotopic (exact) mass is 249 g/mol. The van der Waals surface area contributed by atoms with E-state index in [0.29, 0.717) is 12.1 Å². The van der Waals surface area contributed by atoms with E-state index in [1.807, 2.05) is 0 Å². The zero-order valence-corrected chi connectivity index (χ0v) is 10.6. The number of hydrogen-bond acceptors (Lipinski definition) is 4. The summed E-state index contributed by atoms with van der Waals surface area (Å²) in [6, 6.07) is 6.95. The van der Waals surface area contributed by atoms with Gasteiger partial charge in [-0.3, -0.25) is 0 Å². The van der Waals surface area contributed by atoms with Crippen LogP contribution < -0.4 is 0 Å². The Morgan fingerprint density at radius 2 is 1.94 bits per heavy atom. The maximum Gasteiger partial charge on any atom is 0.337 e. The van der Waals surface area contributed by atoms with Gasteiger partial charge in [-0.05, 0) is 43.6 Å². The average molecular weight is 249 g/mol. The maximum absolute atomic E-state index is 11.3. The Morgan fingerprint density at radius 1 is 1.33 bits per heavy atom. The summed E-state index contributed by atoms with van der Waals surface area (Å²) in [5.74, 6) is -0.351. The molecule has 1 unspecified atom stereocenters. The number of aliphatic hydroxyl groups excluding tert-OH is 1. The van der Waals surface area contributed by atoms with Crippen LogP contribution in [0.3, 0.4) is 0 Å². The van der Waals surface area contributed by atoms with Crippen LogP contribution in [0, 0.1) is 0 Å². The van der Waals surface area contributed by atoms with Crippen LogP contribution >= 0.6 is 0 Å². The first-order chi connectivity index (χ1) is 8.70. The zero-order valence-electron chi connectivity index (χ0n) is 10.6. The van der Waals surface area contributed by atoms with E-state index >= 15 is 0 Å². The molecule has 0 aliphatic carbocycles. The molecule has 1 atom stereocenters. The lowest BCUT2D eigenvalue weighted by Crippen LogP contribution is -2.25. The highest BCUT2D eigenvalue weighted by Gasteiger charge is 2.17. The summed E-state index contributed by atoms with van der Waals surface area (Å²) < 4.78 is 4.63. The number of methoxy groups -OCH3 is 1. The minimum atomic E-state index is -0.491. The molecular weight excluding hydrogens is 230 g/mol. The van der Waals surface area contributed by atoms with Gasteiger partial charge >= 0.3 is 5.97 Å². The summed E-state index contributed by atoms with van der Waals surface area (Å²) in [6.45, 7) is 2.80. The lowest BCUT2D eigenvalue weighted by atomic mass is 10.1. The Kier molecular flexibility index (Phi) is 4.33. The van der Waals surface area contributed by atoms with Gasteiger partial charge in [0.25, 0.3) is 0 Å². The van der Waals surface area contributed by atoms with Crippen LogP contribution in [-0.4, -0.2) is 42.7 Å². The van der Waals surface area contributed by atoms with Crippen molar-refractivity contribution >= 4 is 5.97 Å². The molecule has 2 rings (SSSR count). The van der Waals surface area contributed by atoms with Gasteiger partial charge in [0.1, 0.15) is 0 Å². The predicted octanol–water partition coefficient (Wildman–Crippen LogP) is 1.60. The number of benzene rings is 1. The molecule has 0 spiro atoms. The lowest BCUT2D eigenvalue weighted by molar-refractivity contribution is 0.0600. The number of hydrogen-bond donors (Lipinski definition) is 1. The van der Waals surface area contributed by atoms with Crippen molar-refractivity contribution in [2.45, 2.75) is 18.9 Å². The molecule has 1 aromatic rings. The summed E-state index contributed by atoms with van der Waals surface area (Å²) in [7, 11) is 1.36. The van der Waals surface area contributed by atoms with Gasteiger partial charge in [-0.2, -0.15) is 0 Å². The Balaban J connectivity index is 1.97. The van der Waals surface area contributed by atoms with E-state index in [1.165, 1.54) is 20.0 Å². The van der Waals surface area contributed by atoms with Crippen LogP contribution in [0.2, 0.25) is 0 Å². The van der Waals surface area contributed by atoms with Crippen molar-refractivity contribution in [3.05, 3.63) is 35.4 Å². The number of esters is 1. The van der Waals surface area contributed by atoms with Crippen LogP contribution in [-0.2, 0) is 4.74 Å². The first-order valence-electron chi connectivity index (χ1n) is 6.29. The van der Waals surface area contributed by atoms with Crippen molar-refractivity contribution < 1.29 is 14.6 Å². The van der Waals surface area contributed by atoms with Gasteiger partial charge in [0.15, 0.2) is 0 Å². The van der Waals surface area contributed by atoms with E-state index in [0.717, 1.165) is 18.7 Å². The Morgan fingerprint density at radius 3 is 2.50 bits per heavy atom. The number of β-amino-alcohol motifs (C(OH)–C–C–N with tert-alkyl or cyclic N) is 1. The molecular formula is C14H19NO3. The molecule has 0 amide bonds. The average Bonchev–Trinajstić information content (AvgIpc) is 2.91. The highest BCUT2D eigenvalue weighted by Crippen LogP contribution is 2.18. The molecule has 1 heterocycles. The molecule has 18 heavy (non-hydrogen) atoms. The van der Waals surface area contributed by atoms with Gasteiger partial charge in [0, 0.05) is 6.54 Å². The van der Waals surface area contributed by atoms with Crippen molar-refractivity contribution in [3.8, 4) is 0 Å². The van der Waals surface area contributed by atoms with Crippen molar-refractivity contribution in [1.82, 2.24) is 4.90 Å². The van der Waals surface area contributed by atoms with Gasteiger partial charge in [-0.25, -0.2) is 4.79 Å². The third-order valence-electron chi connectivity index (χ3n) is 3.35. The number of ether oxygens (including phenoxy) is 1. The number of rotatable bonds is 4. The Labute approximate surface area is 107 Å². The van der Waals surface area contributed by atoms with Crippen LogP contribution in [0.5, 0.6) is 0 Å². The second-order valence-corrected chi connectivity index (χ2v) is 4.64. The summed E-state index contributed by atoms with van der Waals surface area (Å²) in [6.07, 6.45) is 1.94. The molecule has 4 heteroatoms. The highest BCUT2D eigenvalue weighted by molar-refractivity contribution is 5.89.